The quantitative estimate of drug-likeness (QED) is 0.500. The maximum Gasteiger partial charge on any atom is 0.0598 e. The smallest absolute Gasteiger partial charge is 0.0598 e. The summed E-state index contributed by atoms with van der Waals surface area (Å²) in [5.74, 6) is 0.776. The van der Waals surface area contributed by atoms with Crippen molar-refractivity contribution >= 4 is 0 Å². The molecular formula is C17H37NO3. The Morgan fingerprint density at radius 3 is 1.90 bits per heavy atom. The van der Waals surface area contributed by atoms with Crippen molar-refractivity contribution < 1.29 is 14.2 Å². The Morgan fingerprint density at radius 2 is 1.38 bits per heavy atom. The van der Waals surface area contributed by atoms with Crippen molar-refractivity contribution in [1.82, 2.24) is 5.32 Å². The molecule has 0 aliphatic rings. The van der Waals surface area contributed by atoms with Gasteiger partial charge in [0.2, 0.25) is 0 Å². The summed E-state index contributed by atoms with van der Waals surface area (Å²) in [6.45, 7) is 16.4. The average Bonchev–Trinajstić information content (AvgIpc) is 2.37. The molecule has 0 unspecified atom stereocenters. The molecule has 1 N–H and O–H groups in total. The minimum atomic E-state index is -0.0449. The summed E-state index contributed by atoms with van der Waals surface area (Å²) in [5.41, 5.74) is -0.0449. The molecule has 0 atom stereocenters. The molecular weight excluding hydrogens is 266 g/mol. The van der Waals surface area contributed by atoms with E-state index in [1.54, 1.807) is 0 Å². The average molecular weight is 303 g/mol. The lowest BCUT2D eigenvalue weighted by molar-refractivity contribution is -0.0137. The summed E-state index contributed by atoms with van der Waals surface area (Å²) in [6.07, 6.45) is 3.37. The zero-order valence-electron chi connectivity index (χ0n) is 14.9. The summed E-state index contributed by atoms with van der Waals surface area (Å²) in [7, 11) is 0. The molecule has 0 saturated heterocycles. The highest BCUT2D eigenvalue weighted by Crippen LogP contribution is 2.06. The summed E-state index contributed by atoms with van der Waals surface area (Å²) >= 11 is 0. The van der Waals surface area contributed by atoms with Crippen LogP contribution in [0.15, 0.2) is 0 Å². The third-order valence-corrected chi connectivity index (χ3v) is 2.88. The van der Waals surface area contributed by atoms with Crippen LogP contribution in [0.2, 0.25) is 0 Å². The van der Waals surface area contributed by atoms with Crippen molar-refractivity contribution in [2.45, 2.75) is 59.5 Å². The highest BCUT2D eigenvalue weighted by molar-refractivity contribution is 4.58. The molecule has 0 aliphatic heterocycles. The van der Waals surface area contributed by atoms with Gasteiger partial charge in [-0.3, -0.25) is 0 Å². The fourth-order valence-electron chi connectivity index (χ4n) is 1.75. The van der Waals surface area contributed by atoms with Crippen LogP contribution in [0.1, 0.15) is 53.9 Å². The van der Waals surface area contributed by atoms with Crippen LogP contribution >= 0.6 is 0 Å². The molecule has 0 bridgehead atoms. The van der Waals surface area contributed by atoms with E-state index in [1.807, 2.05) is 0 Å². The molecule has 4 heteroatoms. The van der Waals surface area contributed by atoms with Crippen LogP contribution in [0.3, 0.4) is 0 Å². The second kappa shape index (κ2) is 13.5. The van der Waals surface area contributed by atoms with Crippen molar-refractivity contribution in [2.75, 3.05) is 46.1 Å². The minimum Gasteiger partial charge on any atom is -0.380 e. The molecule has 0 rings (SSSR count). The van der Waals surface area contributed by atoms with Gasteiger partial charge in [-0.25, -0.2) is 0 Å². The first-order valence-electron chi connectivity index (χ1n) is 8.42. The maximum atomic E-state index is 5.62. The van der Waals surface area contributed by atoms with Crippen LogP contribution in [0.25, 0.3) is 0 Å². The standard InChI is InChI=1S/C17H37NO3/c1-16(2)8-6-11-19-14-9-18-10-15-20-12-7-13-21-17(3,4)5/h16,18H,6-15H2,1-5H3. The number of hydrogen-bond donors (Lipinski definition) is 1. The van der Waals surface area contributed by atoms with Crippen LogP contribution in [0.5, 0.6) is 0 Å². The van der Waals surface area contributed by atoms with Crippen molar-refractivity contribution in [3.63, 3.8) is 0 Å². The maximum absolute atomic E-state index is 5.62. The van der Waals surface area contributed by atoms with Gasteiger partial charge in [-0.1, -0.05) is 13.8 Å². The van der Waals surface area contributed by atoms with E-state index in [1.165, 1.54) is 6.42 Å². The monoisotopic (exact) mass is 303 g/mol. The first-order chi connectivity index (χ1) is 9.92. The predicted octanol–water partition coefficient (Wildman–Crippen LogP) is 3.25. The number of rotatable bonds is 14. The third-order valence-electron chi connectivity index (χ3n) is 2.88. The van der Waals surface area contributed by atoms with E-state index in [9.17, 15) is 0 Å². The Balaban J connectivity index is 3.03. The fourth-order valence-corrected chi connectivity index (χ4v) is 1.75. The molecule has 0 heterocycles. The molecule has 0 fully saturated rings. The molecule has 0 aromatic carbocycles. The van der Waals surface area contributed by atoms with Gasteiger partial charge >= 0.3 is 0 Å². The van der Waals surface area contributed by atoms with Crippen molar-refractivity contribution in [3.8, 4) is 0 Å². The Morgan fingerprint density at radius 1 is 0.810 bits per heavy atom. The Kier molecular flexibility index (Phi) is 13.4. The number of hydrogen-bond acceptors (Lipinski definition) is 4. The Bertz CT molecular complexity index is 215. The Hall–Kier alpha value is -0.160. The van der Waals surface area contributed by atoms with Gasteiger partial charge in [0.25, 0.3) is 0 Å². The second-order valence-corrected chi connectivity index (χ2v) is 6.83. The van der Waals surface area contributed by atoms with E-state index in [0.717, 1.165) is 64.9 Å². The molecule has 128 valence electrons. The summed E-state index contributed by atoms with van der Waals surface area (Å²) in [4.78, 5) is 0. The van der Waals surface area contributed by atoms with E-state index >= 15 is 0 Å². The largest absolute Gasteiger partial charge is 0.380 e. The van der Waals surface area contributed by atoms with E-state index in [-0.39, 0.29) is 5.60 Å². The fraction of sp³-hybridized carbons (Fsp3) is 1.00. The van der Waals surface area contributed by atoms with Gasteiger partial charge in [0.15, 0.2) is 0 Å². The van der Waals surface area contributed by atoms with Crippen LogP contribution < -0.4 is 5.32 Å². The topological polar surface area (TPSA) is 39.7 Å². The highest BCUT2D eigenvalue weighted by atomic mass is 16.5. The van der Waals surface area contributed by atoms with Gasteiger partial charge in [0.05, 0.1) is 18.8 Å². The van der Waals surface area contributed by atoms with Crippen LogP contribution in [-0.4, -0.2) is 51.7 Å². The van der Waals surface area contributed by atoms with Gasteiger partial charge in [-0.15, -0.1) is 0 Å². The first-order valence-corrected chi connectivity index (χ1v) is 8.42. The first kappa shape index (κ1) is 20.8. The Labute approximate surface area is 131 Å². The molecule has 0 aliphatic carbocycles. The van der Waals surface area contributed by atoms with Gasteiger partial charge in [0.1, 0.15) is 0 Å². The molecule has 0 aromatic heterocycles. The SMILES string of the molecule is CC(C)CCCOCCNCCOCCCOC(C)(C)C. The number of nitrogens with one attached hydrogen (secondary N) is 1. The molecule has 0 radical (unpaired) electrons. The van der Waals surface area contributed by atoms with E-state index < -0.39 is 0 Å². The van der Waals surface area contributed by atoms with Gasteiger partial charge in [0, 0.05) is 32.9 Å². The zero-order valence-corrected chi connectivity index (χ0v) is 14.9. The lowest BCUT2D eigenvalue weighted by atomic mass is 10.1. The lowest BCUT2D eigenvalue weighted by Gasteiger charge is -2.19. The molecule has 0 saturated carbocycles. The van der Waals surface area contributed by atoms with Gasteiger partial charge in [-0.2, -0.15) is 0 Å². The van der Waals surface area contributed by atoms with E-state index in [2.05, 4.69) is 39.9 Å². The van der Waals surface area contributed by atoms with Gasteiger partial charge in [-0.05, 0) is 46.0 Å². The zero-order chi connectivity index (χ0) is 16.0. The van der Waals surface area contributed by atoms with Crippen molar-refractivity contribution in [2.24, 2.45) is 5.92 Å². The van der Waals surface area contributed by atoms with Crippen molar-refractivity contribution in [1.29, 1.82) is 0 Å². The lowest BCUT2D eigenvalue weighted by Crippen LogP contribution is -2.24. The van der Waals surface area contributed by atoms with E-state index in [4.69, 9.17) is 14.2 Å². The summed E-state index contributed by atoms with van der Waals surface area (Å²) < 4.78 is 16.7. The summed E-state index contributed by atoms with van der Waals surface area (Å²) in [5, 5.41) is 3.32. The molecule has 0 spiro atoms. The summed E-state index contributed by atoms with van der Waals surface area (Å²) in [6, 6.07) is 0. The number of ether oxygens (including phenoxy) is 3. The van der Waals surface area contributed by atoms with Crippen molar-refractivity contribution in [3.05, 3.63) is 0 Å². The van der Waals surface area contributed by atoms with Gasteiger partial charge < -0.3 is 19.5 Å². The predicted molar refractivity (Wildman–Crippen MR) is 88.9 cm³/mol. The third kappa shape index (κ3) is 19.8. The second-order valence-electron chi connectivity index (χ2n) is 6.83. The normalized spacial score (nSPS) is 12.3. The van der Waals surface area contributed by atoms with E-state index in [0.29, 0.717) is 0 Å². The molecule has 4 nitrogen and oxygen atoms in total. The van der Waals surface area contributed by atoms with Crippen LogP contribution in [-0.2, 0) is 14.2 Å². The van der Waals surface area contributed by atoms with Crippen LogP contribution in [0.4, 0.5) is 0 Å². The minimum absolute atomic E-state index is 0.0449. The molecule has 0 aromatic rings. The molecule has 0 amide bonds. The van der Waals surface area contributed by atoms with Crippen LogP contribution in [0, 0.1) is 5.92 Å². The molecule has 21 heavy (non-hydrogen) atoms. The highest BCUT2D eigenvalue weighted by Gasteiger charge is 2.08.